The molecule has 0 aliphatic carbocycles. The maximum atomic E-state index is 13.2. The van der Waals surface area contributed by atoms with Crippen molar-refractivity contribution in [1.82, 2.24) is 24.9 Å². The van der Waals surface area contributed by atoms with Crippen LogP contribution in [0.15, 0.2) is 36.5 Å². The predicted octanol–water partition coefficient (Wildman–Crippen LogP) is 3.25. The summed E-state index contributed by atoms with van der Waals surface area (Å²) in [6.07, 6.45) is 3.78. The van der Waals surface area contributed by atoms with Crippen LogP contribution in [0.25, 0.3) is 10.9 Å². The Kier molecular flexibility index (Phi) is 6.93. The third-order valence-corrected chi connectivity index (χ3v) is 5.15. The number of carbonyl (C=O) groups is 2. The summed E-state index contributed by atoms with van der Waals surface area (Å²) >= 11 is 0. The molecule has 0 saturated carbocycles. The van der Waals surface area contributed by atoms with Gasteiger partial charge >= 0.3 is 0 Å². The molecule has 3 rings (SSSR count). The third kappa shape index (κ3) is 5.32. The first kappa shape index (κ1) is 23.0. The fourth-order valence-electron chi connectivity index (χ4n) is 3.49. The maximum absolute atomic E-state index is 13.2. The van der Waals surface area contributed by atoms with E-state index in [1.807, 2.05) is 45.0 Å². The minimum Gasteiger partial charge on any atom is -0.338 e. The summed E-state index contributed by atoms with van der Waals surface area (Å²) in [5.74, 6) is -0.328. The molecule has 0 radical (unpaired) electrons. The van der Waals surface area contributed by atoms with Crippen LogP contribution in [0.5, 0.6) is 0 Å². The highest BCUT2D eigenvalue weighted by molar-refractivity contribution is 6.07. The highest BCUT2D eigenvalue weighted by atomic mass is 16.2. The Balaban J connectivity index is 1.83. The van der Waals surface area contributed by atoms with Crippen LogP contribution in [0.4, 0.5) is 5.82 Å². The standard InChI is InChI=1S/C23H29N7O2/c1-23(2,3)20(22(32)25-18-12-15-29(4)27-18)26-21(31)19-16-10-6-7-11-17(16)30(28-19)14-9-5-8-13-24/h6-7,10-12,15,20H,5,8-9,14H2,1-4H3,(H,26,31)(H,25,27,32)/t20-/m1/s1. The molecule has 0 spiro atoms. The van der Waals surface area contributed by atoms with E-state index in [0.29, 0.717) is 18.8 Å². The quantitative estimate of drug-likeness (QED) is 0.527. The molecular formula is C23H29N7O2. The molecule has 2 amide bonds. The minimum absolute atomic E-state index is 0.278. The van der Waals surface area contributed by atoms with E-state index in [4.69, 9.17) is 5.26 Å². The largest absolute Gasteiger partial charge is 0.338 e. The molecule has 32 heavy (non-hydrogen) atoms. The van der Waals surface area contributed by atoms with Gasteiger partial charge in [0.15, 0.2) is 11.5 Å². The number of aryl methyl sites for hydroxylation is 2. The average Bonchev–Trinajstić information content (AvgIpc) is 3.31. The van der Waals surface area contributed by atoms with Crippen molar-refractivity contribution < 1.29 is 9.59 Å². The Morgan fingerprint density at radius 1 is 1.16 bits per heavy atom. The van der Waals surface area contributed by atoms with Crippen LogP contribution < -0.4 is 10.6 Å². The Hall–Kier alpha value is -3.67. The summed E-state index contributed by atoms with van der Waals surface area (Å²) in [5.41, 5.74) is 0.588. The molecule has 168 valence electrons. The molecule has 1 aromatic carbocycles. The first-order valence-corrected chi connectivity index (χ1v) is 10.6. The van der Waals surface area contributed by atoms with E-state index in [9.17, 15) is 9.59 Å². The number of anilines is 1. The summed E-state index contributed by atoms with van der Waals surface area (Å²) in [7, 11) is 1.76. The molecule has 2 heterocycles. The Labute approximate surface area is 187 Å². The summed E-state index contributed by atoms with van der Waals surface area (Å²) in [5, 5.41) is 23.8. The van der Waals surface area contributed by atoms with Gasteiger partial charge in [0.05, 0.1) is 11.6 Å². The number of unbranched alkanes of at least 4 members (excludes halogenated alkanes) is 2. The average molecular weight is 436 g/mol. The summed E-state index contributed by atoms with van der Waals surface area (Å²) in [6, 6.07) is 10.6. The number of nitrogens with zero attached hydrogens (tertiary/aromatic N) is 5. The summed E-state index contributed by atoms with van der Waals surface area (Å²) in [6.45, 7) is 6.28. The van der Waals surface area contributed by atoms with Gasteiger partial charge in [0.1, 0.15) is 6.04 Å². The van der Waals surface area contributed by atoms with Crippen molar-refractivity contribution in [2.45, 2.75) is 52.6 Å². The smallest absolute Gasteiger partial charge is 0.273 e. The fraction of sp³-hybridized carbons (Fsp3) is 0.435. The van der Waals surface area contributed by atoms with Gasteiger partial charge in [-0.2, -0.15) is 15.5 Å². The van der Waals surface area contributed by atoms with Crippen LogP contribution >= 0.6 is 0 Å². The zero-order chi connectivity index (χ0) is 23.3. The van der Waals surface area contributed by atoms with Gasteiger partial charge in [-0.05, 0) is 24.3 Å². The van der Waals surface area contributed by atoms with Crippen molar-refractivity contribution in [3.05, 3.63) is 42.2 Å². The minimum atomic E-state index is -0.795. The second-order valence-electron chi connectivity index (χ2n) is 8.84. The zero-order valence-electron chi connectivity index (χ0n) is 18.9. The van der Waals surface area contributed by atoms with Gasteiger partial charge in [-0.15, -0.1) is 0 Å². The topological polar surface area (TPSA) is 118 Å². The normalized spacial score (nSPS) is 12.3. The fourth-order valence-corrected chi connectivity index (χ4v) is 3.49. The van der Waals surface area contributed by atoms with Crippen molar-refractivity contribution in [3.63, 3.8) is 0 Å². The van der Waals surface area contributed by atoms with E-state index in [0.717, 1.165) is 23.7 Å². The number of hydrogen-bond acceptors (Lipinski definition) is 5. The molecule has 9 heteroatoms. The molecule has 2 N–H and O–H groups in total. The molecule has 1 atom stereocenters. The van der Waals surface area contributed by atoms with E-state index < -0.39 is 17.4 Å². The van der Waals surface area contributed by atoms with Crippen molar-refractivity contribution >= 4 is 28.5 Å². The number of carbonyl (C=O) groups excluding carboxylic acids is 2. The van der Waals surface area contributed by atoms with Crippen LogP contribution in [0.3, 0.4) is 0 Å². The number of hydrogen-bond donors (Lipinski definition) is 2. The van der Waals surface area contributed by atoms with Crippen molar-refractivity contribution in [2.75, 3.05) is 5.32 Å². The monoisotopic (exact) mass is 435 g/mol. The number of nitriles is 1. The summed E-state index contributed by atoms with van der Waals surface area (Å²) in [4.78, 5) is 26.2. The first-order valence-electron chi connectivity index (χ1n) is 10.6. The molecule has 9 nitrogen and oxygen atoms in total. The maximum Gasteiger partial charge on any atom is 0.273 e. The second-order valence-corrected chi connectivity index (χ2v) is 8.84. The van der Waals surface area contributed by atoms with Crippen molar-refractivity contribution in [2.24, 2.45) is 12.5 Å². The van der Waals surface area contributed by atoms with Gasteiger partial charge in [-0.1, -0.05) is 39.0 Å². The SMILES string of the molecule is Cn1ccc(NC(=O)[C@@H](NC(=O)c2nn(CCCCC#N)c3ccccc23)C(C)(C)C)n1. The Morgan fingerprint density at radius 2 is 1.91 bits per heavy atom. The lowest BCUT2D eigenvalue weighted by Crippen LogP contribution is -2.51. The molecular weight excluding hydrogens is 406 g/mol. The lowest BCUT2D eigenvalue weighted by atomic mass is 9.86. The predicted molar refractivity (Wildman–Crippen MR) is 122 cm³/mol. The van der Waals surface area contributed by atoms with E-state index in [1.54, 1.807) is 28.7 Å². The van der Waals surface area contributed by atoms with Gasteiger partial charge in [0.25, 0.3) is 5.91 Å². The number of fused-ring (bicyclic) bond motifs is 1. The lowest BCUT2D eigenvalue weighted by molar-refractivity contribution is -0.120. The van der Waals surface area contributed by atoms with Gasteiger partial charge < -0.3 is 10.6 Å². The first-order chi connectivity index (χ1) is 15.2. The number of nitrogens with one attached hydrogen (secondary N) is 2. The number of amides is 2. The molecule has 3 aromatic rings. The van der Waals surface area contributed by atoms with Crippen molar-refractivity contribution in [1.29, 1.82) is 5.26 Å². The van der Waals surface area contributed by atoms with Gasteiger partial charge in [-0.3, -0.25) is 19.0 Å². The highest BCUT2D eigenvalue weighted by Gasteiger charge is 2.34. The van der Waals surface area contributed by atoms with E-state index in [1.165, 1.54) is 0 Å². The Morgan fingerprint density at radius 3 is 2.56 bits per heavy atom. The molecule has 0 fully saturated rings. The molecule has 0 unspecified atom stereocenters. The molecule has 0 bridgehead atoms. The van der Waals surface area contributed by atoms with Crippen LogP contribution in [0.1, 0.15) is 50.5 Å². The molecule has 0 aliphatic rings. The molecule has 2 aromatic heterocycles. The summed E-state index contributed by atoms with van der Waals surface area (Å²) < 4.78 is 3.39. The van der Waals surface area contributed by atoms with Crippen LogP contribution in [0, 0.1) is 16.7 Å². The number of rotatable bonds is 8. The van der Waals surface area contributed by atoms with E-state index in [-0.39, 0.29) is 11.6 Å². The molecule has 0 saturated heterocycles. The van der Waals surface area contributed by atoms with Crippen LogP contribution in [-0.2, 0) is 18.4 Å². The second kappa shape index (κ2) is 9.64. The van der Waals surface area contributed by atoms with Gasteiger partial charge in [0.2, 0.25) is 5.91 Å². The van der Waals surface area contributed by atoms with Crippen LogP contribution in [-0.4, -0.2) is 37.4 Å². The third-order valence-electron chi connectivity index (χ3n) is 5.15. The zero-order valence-corrected chi connectivity index (χ0v) is 18.9. The number of para-hydroxylation sites is 1. The highest BCUT2D eigenvalue weighted by Crippen LogP contribution is 2.23. The molecule has 0 aliphatic heterocycles. The number of benzene rings is 1. The van der Waals surface area contributed by atoms with E-state index in [2.05, 4.69) is 26.9 Å². The van der Waals surface area contributed by atoms with Gasteiger partial charge in [0, 0.05) is 37.7 Å². The number of aromatic nitrogens is 4. The van der Waals surface area contributed by atoms with E-state index >= 15 is 0 Å². The lowest BCUT2D eigenvalue weighted by Gasteiger charge is -2.29. The van der Waals surface area contributed by atoms with Crippen LogP contribution in [0.2, 0.25) is 0 Å². The van der Waals surface area contributed by atoms with Gasteiger partial charge in [-0.25, -0.2) is 0 Å². The Bertz CT molecular complexity index is 1150. The van der Waals surface area contributed by atoms with Crippen molar-refractivity contribution in [3.8, 4) is 6.07 Å².